The van der Waals surface area contributed by atoms with Gasteiger partial charge in [-0.15, -0.1) is 11.8 Å². The number of rotatable bonds is 4. The maximum atomic E-state index is 6.70. The highest BCUT2D eigenvalue weighted by Gasteiger charge is 2.29. The standard InChI is InChI=1S/C23H30Cl2N4OS/c1-13-6-8-29(9-7-13)23-22(27-15(3)31-5)16(12-26)11-17(28-23)19-20(24)14(2)10-18(30-4)21(19)25/h10-13,15H,6-9,26H2,1-5H3/b16-12-,27-22+. The lowest BCUT2D eigenvalue weighted by Gasteiger charge is -2.35. The van der Waals surface area contributed by atoms with Crippen LogP contribution in [0.2, 0.25) is 10.0 Å². The molecule has 1 atom stereocenters. The van der Waals surface area contributed by atoms with Gasteiger partial charge < -0.3 is 15.4 Å². The number of hydrogen-bond acceptors (Lipinski definition) is 6. The highest BCUT2D eigenvalue weighted by molar-refractivity contribution is 7.99. The van der Waals surface area contributed by atoms with Crippen LogP contribution in [0.1, 0.15) is 37.8 Å². The van der Waals surface area contributed by atoms with E-state index in [4.69, 9.17) is 43.7 Å². The maximum absolute atomic E-state index is 6.70. The third kappa shape index (κ3) is 5.07. The minimum Gasteiger partial charge on any atom is -0.495 e. The van der Waals surface area contributed by atoms with Crippen molar-refractivity contribution in [2.75, 3.05) is 26.5 Å². The van der Waals surface area contributed by atoms with E-state index in [1.54, 1.807) is 25.1 Å². The molecular formula is C23H30Cl2N4OS. The summed E-state index contributed by atoms with van der Waals surface area (Å²) < 4.78 is 5.47. The molecule has 5 nitrogen and oxygen atoms in total. The second-order valence-corrected chi connectivity index (χ2v) is 9.88. The Balaban J connectivity index is 2.19. The summed E-state index contributed by atoms with van der Waals surface area (Å²) in [6.45, 7) is 8.14. The monoisotopic (exact) mass is 480 g/mol. The van der Waals surface area contributed by atoms with Crippen molar-refractivity contribution in [3.63, 3.8) is 0 Å². The van der Waals surface area contributed by atoms with Gasteiger partial charge >= 0.3 is 0 Å². The number of aliphatic imine (C=N–C) groups is 2. The summed E-state index contributed by atoms with van der Waals surface area (Å²) in [6, 6.07) is 1.83. The fourth-order valence-electron chi connectivity index (χ4n) is 3.72. The zero-order valence-electron chi connectivity index (χ0n) is 18.7. The summed E-state index contributed by atoms with van der Waals surface area (Å²) >= 11 is 15.1. The number of methoxy groups -OCH3 is 1. The van der Waals surface area contributed by atoms with Gasteiger partial charge in [0.15, 0.2) is 5.84 Å². The van der Waals surface area contributed by atoms with Gasteiger partial charge in [-0.2, -0.15) is 0 Å². The van der Waals surface area contributed by atoms with Crippen molar-refractivity contribution < 1.29 is 4.74 Å². The van der Waals surface area contributed by atoms with Crippen LogP contribution < -0.4 is 10.5 Å². The Labute approximate surface area is 199 Å². The largest absolute Gasteiger partial charge is 0.495 e. The average molecular weight is 481 g/mol. The van der Waals surface area contributed by atoms with E-state index >= 15 is 0 Å². The topological polar surface area (TPSA) is 63.2 Å². The molecule has 1 aromatic rings. The fraction of sp³-hybridized carbons (Fsp3) is 0.478. The summed E-state index contributed by atoms with van der Waals surface area (Å²) in [4.78, 5) is 12.3. The number of piperidine rings is 1. The van der Waals surface area contributed by atoms with E-state index in [-0.39, 0.29) is 5.37 Å². The van der Waals surface area contributed by atoms with E-state index in [9.17, 15) is 0 Å². The zero-order valence-corrected chi connectivity index (χ0v) is 21.0. The molecule has 2 aliphatic heterocycles. The molecule has 3 rings (SSSR count). The number of amidine groups is 1. The van der Waals surface area contributed by atoms with Gasteiger partial charge in [0.1, 0.15) is 11.5 Å². The molecule has 0 radical (unpaired) electrons. The second kappa shape index (κ2) is 10.3. The Morgan fingerprint density at radius 3 is 2.58 bits per heavy atom. The van der Waals surface area contributed by atoms with Crippen molar-refractivity contribution in [3.8, 4) is 5.75 Å². The van der Waals surface area contributed by atoms with E-state index < -0.39 is 0 Å². The lowest BCUT2D eigenvalue weighted by atomic mass is 9.96. The van der Waals surface area contributed by atoms with Crippen LogP contribution in [0.4, 0.5) is 0 Å². The van der Waals surface area contributed by atoms with Gasteiger partial charge in [0.05, 0.1) is 28.2 Å². The quantitative estimate of drug-likeness (QED) is 0.592. The number of likely N-dealkylation sites (tertiary alicyclic amines) is 1. The minimum absolute atomic E-state index is 0.0834. The fourth-order valence-corrected chi connectivity index (χ4v) is 4.55. The van der Waals surface area contributed by atoms with Crippen LogP contribution in [-0.4, -0.2) is 48.3 Å². The molecular weight excluding hydrogens is 451 g/mol. The Kier molecular flexibility index (Phi) is 8.00. The molecule has 1 aromatic carbocycles. The molecule has 0 spiro atoms. The number of thioether (sulfide) groups is 1. The molecule has 2 aliphatic rings. The summed E-state index contributed by atoms with van der Waals surface area (Å²) in [5.74, 6) is 2.10. The van der Waals surface area contributed by atoms with E-state index in [0.717, 1.165) is 48.6 Å². The number of ether oxygens (including phenoxy) is 1. The first kappa shape index (κ1) is 24.0. The number of nitrogens with zero attached hydrogens (tertiary/aromatic N) is 3. The third-order valence-electron chi connectivity index (χ3n) is 5.74. The third-order valence-corrected chi connectivity index (χ3v) is 7.39. The average Bonchev–Trinajstić information content (AvgIpc) is 2.77. The molecule has 0 aliphatic carbocycles. The van der Waals surface area contributed by atoms with E-state index in [1.807, 2.05) is 25.3 Å². The van der Waals surface area contributed by atoms with Crippen molar-refractivity contribution >= 4 is 52.2 Å². The Hall–Kier alpha value is -1.63. The number of allylic oxidation sites excluding steroid dienone is 1. The molecule has 1 fully saturated rings. The van der Waals surface area contributed by atoms with Crippen molar-refractivity contribution in [3.05, 3.63) is 45.1 Å². The molecule has 1 saturated heterocycles. The number of benzene rings is 1. The van der Waals surface area contributed by atoms with E-state index in [0.29, 0.717) is 33.0 Å². The minimum atomic E-state index is 0.0834. The summed E-state index contributed by atoms with van der Waals surface area (Å²) in [5, 5.41) is 1.08. The number of halogens is 2. The number of hydrogen-bond donors (Lipinski definition) is 1. The second-order valence-electron chi connectivity index (χ2n) is 7.97. The van der Waals surface area contributed by atoms with Gasteiger partial charge in [-0.1, -0.05) is 30.1 Å². The van der Waals surface area contributed by atoms with Gasteiger partial charge in [0.25, 0.3) is 0 Å². The van der Waals surface area contributed by atoms with Crippen LogP contribution in [0.25, 0.3) is 5.70 Å². The molecule has 2 N–H and O–H groups in total. The molecule has 0 saturated carbocycles. The molecule has 31 heavy (non-hydrogen) atoms. The van der Waals surface area contributed by atoms with Gasteiger partial charge in [-0.3, -0.25) is 4.99 Å². The van der Waals surface area contributed by atoms with Crippen molar-refractivity contribution in [1.82, 2.24) is 4.90 Å². The Bertz CT molecular complexity index is 963. The first-order chi connectivity index (χ1) is 14.8. The number of nitrogens with two attached hydrogens (primary N) is 1. The highest BCUT2D eigenvalue weighted by atomic mass is 35.5. The van der Waals surface area contributed by atoms with Crippen LogP contribution in [0.5, 0.6) is 5.75 Å². The number of aryl methyl sites for hydroxylation is 1. The van der Waals surface area contributed by atoms with Gasteiger partial charge in [0, 0.05) is 30.4 Å². The van der Waals surface area contributed by atoms with Crippen LogP contribution in [-0.2, 0) is 0 Å². The smallest absolute Gasteiger partial charge is 0.155 e. The van der Waals surface area contributed by atoms with Crippen molar-refractivity contribution in [2.24, 2.45) is 21.6 Å². The molecule has 8 heteroatoms. The summed E-state index contributed by atoms with van der Waals surface area (Å²) in [6.07, 6.45) is 7.77. The van der Waals surface area contributed by atoms with Crippen LogP contribution >= 0.6 is 35.0 Å². The molecule has 1 unspecified atom stereocenters. The zero-order chi connectivity index (χ0) is 22.7. The Morgan fingerprint density at radius 2 is 2.00 bits per heavy atom. The molecule has 0 amide bonds. The predicted molar refractivity (Wildman–Crippen MR) is 136 cm³/mol. The predicted octanol–water partition coefficient (Wildman–Crippen LogP) is 5.79. The van der Waals surface area contributed by atoms with Crippen molar-refractivity contribution in [1.29, 1.82) is 0 Å². The first-order valence-electron chi connectivity index (χ1n) is 10.4. The van der Waals surface area contributed by atoms with Gasteiger partial charge in [0.2, 0.25) is 0 Å². The van der Waals surface area contributed by atoms with Crippen LogP contribution in [0.3, 0.4) is 0 Å². The lowest BCUT2D eigenvalue weighted by Crippen LogP contribution is -2.43. The SMILES string of the molecule is COc1cc(C)c(Cl)c(C2=CC(=C/N)/C(=N\C(C)SC)C(N3CCC(C)CC3)=N2)c1Cl. The van der Waals surface area contributed by atoms with E-state index in [2.05, 4.69) is 18.7 Å². The highest BCUT2D eigenvalue weighted by Crippen LogP contribution is 2.42. The van der Waals surface area contributed by atoms with Gasteiger partial charge in [-0.25, -0.2) is 4.99 Å². The molecule has 2 heterocycles. The Morgan fingerprint density at radius 1 is 1.32 bits per heavy atom. The normalized spacial score (nSPS) is 21.3. The summed E-state index contributed by atoms with van der Waals surface area (Å²) in [7, 11) is 1.59. The molecule has 168 valence electrons. The van der Waals surface area contributed by atoms with Crippen LogP contribution in [0.15, 0.2) is 33.9 Å². The lowest BCUT2D eigenvalue weighted by molar-refractivity contribution is 0.283. The van der Waals surface area contributed by atoms with E-state index in [1.165, 1.54) is 0 Å². The molecule has 0 bridgehead atoms. The first-order valence-corrected chi connectivity index (χ1v) is 12.5. The molecule has 0 aromatic heterocycles. The van der Waals surface area contributed by atoms with Crippen molar-refractivity contribution in [2.45, 2.75) is 39.0 Å². The van der Waals surface area contributed by atoms with Gasteiger partial charge in [-0.05, 0) is 56.6 Å². The van der Waals surface area contributed by atoms with Crippen LogP contribution in [0, 0.1) is 12.8 Å². The maximum Gasteiger partial charge on any atom is 0.155 e. The summed E-state index contributed by atoms with van der Waals surface area (Å²) in [5.41, 5.74) is 9.88.